The molecule has 0 aromatic heterocycles. The van der Waals surface area contributed by atoms with E-state index in [-0.39, 0.29) is 27.9 Å². The van der Waals surface area contributed by atoms with Gasteiger partial charge in [0.05, 0.1) is 11.1 Å². The molecule has 0 aliphatic carbocycles. The van der Waals surface area contributed by atoms with Crippen LogP contribution in [0.1, 0.15) is 20.7 Å². The number of fused-ring (bicyclic) bond motifs is 1. The van der Waals surface area contributed by atoms with Crippen molar-refractivity contribution >= 4 is 22.7 Å². The minimum Gasteiger partial charge on any atom is -0.478 e. The maximum absolute atomic E-state index is 10.9. The molecule has 0 unspecified atom stereocenters. The fraction of sp³-hybridized carbons (Fsp3) is 0. The second-order valence-electron chi connectivity index (χ2n) is 3.32. The van der Waals surface area contributed by atoms with Gasteiger partial charge in [-0.25, -0.2) is 9.59 Å². The van der Waals surface area contributed by atoms with Crippen LogP contribution in [-0.2, 0) is 16.8 Å². The number of aromatic carboxylic acids is 2. The molecular formula is C12H8CoO4. The molecule has 2 N–H and O–H groups in total. The van der Waals surface area contributed by atoms with Crippen LogP contribution in [0.5, 0.6) is 0 Å². The van der Waals surface area contributed by atoms with Gasteiger partial charge in [-0.15, -0.1) is 0 Å². The second kappa shape index (κ2) is 4.98. The Morgan fingerprint density at radius 1 is 0.765 bits per heavy atom. The van der Waals surface area contributed by atoms with Crippen LogP contribution in [-0.4, -0.2) is 22.2 Å². The molecule has 0 saturated carbocycles. The standard InChI is InChI=1S/C12H8O4.Co/c13-11(14)9-5-1-3-7-8(9)4-2-6-10(7)12(15)16;/h1-6H,(H,13,14)(H,15,16);. The first-order valence-electron chi connectivity index (χ1n) is 4.59. The average molecular weight is 275 g/mol. The molecule has 2 aromatic rings. The van der Waals surface area contributed by atoms with E-state index in [1.54, 1.807) is 12.1 Å². The summed E-state index contributed by atoms with van der Waals surface area (Å²) in [6, 6.07) is 9.19. The zero-order valence-electron chi connectivity index (χ0n) is 8.51. The predicted octanol–water partition coefficient (Wildman–Crippen LogP) is 2.23. The van der Waals surface area contributed by atoms with Crippen molar-refractivity contribution in [3.8, 4) is 0 Å². The molecule has 17 heavy (non-hydrogen) atoms. The Balaban J connectivity index is 0.00000144. The molecule has 0 fully saturated rings. The Bertz CT molecular complexity index is 539. The molecule has 0 saturated heterocycles. The van der Waals surface area contributed by atoms with E-state index in [4.69, 9.17) is 10.2 Å². The fourth-order valence-corrected chi connectivity index (χ4v) is 1.68. The first-order chi connectivity index (χ1) is 7.61. The zero-order chi connectivity index (χ0) is 11.7. The molecule has 0 spiro atoms. The third-order valence-corrected chi connectivity index (χ3v) is 2.38. The first kappa shape index (κ1) is 13.2. The molecule has 5 heteroatoms. The molecule has 0 heterocycles. The van der Waals surface area contributed by atoms with Gasteiger partial charge in [0.1, 0.15) is 0 Å². The predicted molar refractivity (Wildman–Crippen MR) is 57.9 cm³/mol. The Labute approximate surface area is 107 Å². The molecule has 89 valence electrons. The van der Waals surface area contributed by atoms with Crippen molar-refractivity contribution < 1.29 is 36.6 Å². The van der Waals surface area contributed by atoms with Crippen LogP contribution in [0.15, 0.2) is 36.4 Å². The van der Waals surface area contributed by atoms with E-state index in [1.807, 2.05) is 0 Å². The number of benzene rings is 2. The number of carboxylic acids is 2. The van der Waals surface area contributed by atoms with Crippen LogP contribution in [0.3, 0.4) is 0 Å². The summed E-state index contributed by atoms with van der Waals surface area (Å²) in [6.45, 7) is 0. The summed E-state index contributed by atoms with van der Waals surface area (Å²) in [7, 11) is 0. The molecule has 2 rings (SSSR count). The summed E-state index contributed by atoms with van der Waals surface area (Å²) >= 11 is 0. The fourth-order valence-electron chi connectivity index (χ4n) is 1.68. The van der Waals surface area contributed by atoms with E-state index >= 15 is 0 Å². The summed E-state index contributed by atoms with van der Waals surface area (Å²) in [5, 5.41) is 18.8. The molecule has 1 radical (unpaired) electrons. The largest absolute Gasteiger partial charge is 0.478 e. The molecule has 2 aromatic carbocycles. The summed E-state index contributed by atoms with van der Waals surface area (Å²) in [5.41, 5.74) is 0.223. The van der Waals surface area contributed by atoms with E-state index in [9.17, 15) is 9.59 Å². The topological polar surface area (TPSA) is 74.6 Å². The van der Waals surface area contributed by atoms with Gasteiger partial charge >= 0.3 is 11.9 Å². The number of carboxylic acid groups (broad SMARTS) is 2. The second-order valence-corrected chi connectivity index (χ2v) is 3.32. The van der Waals surface area contributed by atoms with Crippen molar-refractivity contribution in [2.45, 2.75) is 0 Å². The summed E-state index contributed by atoms with van der Waals surface area (Å²) in [4.78, 5) is 21.9. The van der Waals surface area contributed by atoms with E-state index < -0.39 is 11.9 Å². The van der Waals surface area contributed by atoms with Gasteiger partial charge in [-0.1, -0.05) is 24.3 Å². The van der Waals surface area contributed by atoms with Gasteiger partial charge in [-0.2, -0.15) is 0 Å². The van der Waals surface area contributed by atoms with E-state index in [1.165, 1.54) is 24.3 Å². The molecule has 0 atom stereocenters. The summed E-state index contributed by atoms with van der Waals surface area (Å²) in [5.74, 6) is -2.12. The third-order valence-electron chi connectivity index (χ3n) is 2.38. The van der Waals surface area contributed by atoms with Gasteiger partial charge in [0.2, 0.25) is 0 Å². The maximum atomic E-state index is 10.9. The van der Waals surface area contributed by atoms with Crippen LogP contribution in [0.2, 0.25) is 0 Å². The van der Waals surface area contributed by atoms with E-state index in [0.717, 1.165) is 0 Å². The SMILES string of the molecule is O=C(O)c1cccc2c(C(=O)O)cccc12.[Co]. The number of hydrogen-bond donors (Lipinski definition) is 2. The van der Waals surface area contributed by atoms with E-state index in [0.29, 0.717) is 10.8 Å². The van der Waals surface area contributed by atoms with Gasteiger partial charge in [0.25, 0.3) is 0 Å². The zero-order valence-corrected chi connectivity index (χ0v) is 9.55. The summed E-state index contributed by atoms with van der Waals surface area (Å²) < 4.78 is 0. The Kier molecular flexibility index (Phi) is 3.87. The summed E-state index contributed by atoms with van der Waals surface area (Å²) in [6.07, 6.45) is 0. The number of carbonyl (C=O) groups is 2. The van der Waals surface area contributed by atoms with Crippen LogP contribution in [0, 0.1) is 0 Å². The van der Waals surface area contributed by atoms with Crippen molar-refractivity contribution in [1.29, 1.82) is 0 Å². The third kappa shape index (κ3) is 2.30. The minimum absolute atomic E-state index is 0. The van der Waals surface area contributed by atoms with Gasteiger partial charge in [-0.3, -0.25) is 0 Å². The smallest absolute Gasteiger partial charge is 0.336 e. The quantitative estimate of drug-likeness (QED) is 0.881. The first-order valence-corrected chi connectivity index (χ1v) is 4.59. The maximum Gasteiger partial charge on any atom is 0.336 e. The van der Waals surface area contributed by atoms with Crippen LogP contribution in [0.4, 0.5) is 0 Å². The molecule has 0 amide bonds. The number of rotatable bonds is 2. The molecule has 0 aliphatic rings. The molecule has 0 bridgehead atoms. The van der Waals surface area contributed by atoms with Crippen molar-refractivity contribution in [2.75, 3.05) is 0 Å². The van der Waals surface area contributed by atoms with Crippen molar-refractivity contribution in [3.05, 3.63) is 47.5 Å². The Morgan fingerprint density at radius 2 is 1.12 bits per heavy atom. The van der Waals surface area contributed by atoms with Gasteiger partial charge in [-0.05, 0) is 22.9 Å². The molecule has 4 nitrogen and oxygen atoms in total. The molecule has 0 aliphatic heterocycles. The van der Waals surface area contributed by atoms with Gasteiger partial charge < -0.3 is 10.2 Å². The van der Waals surface area contributed by atoms with Gasteiger partial charge in [0, 0.05) is 16.8 Å². The van der Waals surface area contributed by atoms with Crippen molar-refractivity contribution in [1.82, 2.24) is 0 Å². The van der Waals surface area contributed by atoms with Gasteiger partial charge in [0.15, 0.2) is 0 Å². The van der Waals surface area contributed by atoms with Crippen molar-refractivity contribution in [2.24, 2.45) is 0 Å². The minimum atomic E-state index is -1.06. The monoisotopic (exact) mass is 275 g/mol. The molecular weight excluding hydrogens is 267 g/mol. The Morgan fingerprint density at radius 3 is 1.41 bits per heavy atom. The Hall–Kier alpha value is -1.85. The number of hydrogen-bond acceptors (Lipinski definition) is 2. The van der Waals surface area contributed by atoms with Crippen LogP contribution < -0.4 is 0 Å². The van der Waals surface area contributed by atoms with Crippen LogP contribution in [0.25, 0.3) is 10.8 Å². The van der Waals surface area contributed by atoms with E-state index in [2.05, 4.69) is 0 Å². The normalized spacial score (nSPS) is 9.65. The van der Waals surface area contributed by atoms with Crippen LogP contribution >= 0.6 is 0 Å². The average Bonchev–Trinajstić information content (AvgIpc) is 2.27. The van der Waals surface area contributed by atoms with Crippen molar-refractivity contribution in [3.63, 3.8) is 0 Å².